The average Bonchev–Trinajstić information content (AvgIpc) is 2.91. The third-order valence-electron chi connectivity index (χ3n) is 4.77. The molecule has 1 atom stereocenters. The monoisotopic (exact) mass is 361 g/mol. The second-order valence-corrected chi connectivity index (χ2v) is 6.53. The minimum absolute atomic E-state index is 0.137. The van der Waals surface area contributed by atoms with Crippen molar-refractivity contribution < 1.29 is 13.7 Å². The van der Waals surface area contributed by atoms with E-state index in [-0.39, 0.29) is 5.91 Å². The maximum Gasteiger partial charge on any atom is 0.272 e. The van der Waals surface area contributed by atoms with Crippen LogP contribution in [0.3, 0.4) is 0 Å². The molecule has 1 aliphatic rings. The van der Waals surface area contributed by atoms with Crippen molar-refractivity contribution in [3.63, 3.8) is 0 Å². The van der Waals surface area contributed by atoms with Crippen LogP contribution in [0.2, 0.25) is 0 Å². The number of rotatable bonds is 5. The Morgan fingerprint density at radius 3 is 2.88 bits per heavy atom. The van der Waals surface area contributed by atoms with Gasteiger partial charge in [0.05, 0.1) is 12.7 Å². The van der Waals surface area contributed by atoms with E-state index in [0.29, 0.717) is 43.1 Å². The van der Waals surface area contributed by atoms with Crippen molar-refractivity contribution in [2.45, 2.75) is 45.7 Å². The van der Waals surface area contributed by atoms with Gasteiger partial charge in [-0.15, -0.1) is 0 Å². The van der Waals surface area contributed by atoms with Crippen molar-refractivity contribution in [1.29, 1.82) is 0 Å². The molecule has 1 amide bonds. The lowest BCUT2D eigenvalue weighted by atomic mass is 10.1. The van der Waals surface area contributed by atoms with Crippen LogP contribution in [0.15, 0.2) is 22.9 Å². The van der Waals surface area contributed by atoms with E-state index in [4.69, 9.17) is 4.52 Å². The predicted molar refractivity (Wildman–Crippen MR) is 92.9 cm³/mol. The fourth-order valence-electron chi connectivity index (χ4n) is 3.40. The lowest BCUT2D eigenvalue weighted by Gasteiger charge is -2.28. The molecule has 0 radical (unpaired) electrons. The van der Waals surface area contributed by atoms with E-state index in [2.05, 4.69) is 26.9 Å². The summed E-state index contributed by atoms with van der Waals surface area (Å²) in [5.74, 6) is 0.688. The number of likely N-dealkylation sites (tertiary alicyclic amines) is 1. The van der Waals surface area contributed by atoms with Gasteiger partial charge in [-0.05, 0) is 37.9 Å². The Morgan fingerprint density at radius 2 is 2.23 bits per heavy atom. The summed E-state index contributed by atoms with van der Waals surface area (Å²) in [6.45, 7) is 6.77. The first-order valence-corrected chi connectivity index (χ1v) is 9.01. The van der Waals surface area contributed by atoms with Crippen molar-refractivity contribution in [2.24, 2.45) is 0 Å². The first-order chi connectivity index (χ1) is 12.6. The van der Waals surface area contributed by atoms with Crippen molar-refractivity contribution in [1.82, 2.24) is 24.9 Å². The van der Waals surface area contributed by atoms with Gasteiger partial charge in [0.1, 0.15) is 11.5 Å². The number of aryl methyl sites for hydroxylation is 1. The molecule has 7 nitrogen and oxygen atoms in total. The van der Waals surface area contributed by atoms with Crippen molar-refractivity contribution in [2.75, 3.05) is 19.6 Å². The molecule has 2 aromatic rings. The number of hydrogen-bond acceptors (Lipinski definition) is 6. The molecule has 0 unspecified atom stereocenters. The zero-order valence-corrected chi connectivity index (χ0v) is 15.2. The van der Waals surface area contributed by atoms with Crippen LogP contribution in [0.4, 0.5) is 4.39 Å². The molecular formula is C18H24FN5O2. The third-order valence-corrected chi connectivity index (χ3v) is 4.77. The van der Waals surface area contributed by atoms with Crippen LogP contribution in [-0.2, 0) is 6.54 Å². The molecule has 3 heterocycles. The van der Waals surface area contributed by atoms with Crippen molar-refractivity contribution in [3.8, 4) is 0 Å². The van der Waals surface area contributed by atoms with Crippen LogP contribution < -0.4 is 0 Å². The van der Waals surface area contributed by atoms with Crippen LogP contribution in [0, 0.1) is 12.7 Å². The molecule has 140 valence electrons. The van der Waals surface area contributed by atoms with E-state index in [1.807, 2.05) is 4.90 Å². The predicted octanol–water partition coefficient (Wildman–Crippen LogP) is 2.43. The minimum atomic E-state index is -0.437. The second kappa shape index (κ2) is 8.35. The highest BCUT2D eigenvalue weighted by atomic mass is 19.1. The summed E-state index contributed by atoms with van der Waals surface area (Å²) in [4.78, 5) is 24.9. The van der Waals surface area contributed by atoms with Crippen LogP contribution in [0.1, 0.15) is 48.4 Å². The molecule has 8 heteroatoms. The van der Waals surface area contributed by atoms with Gasteiger partial charge in [-0.25, -0.2) is 9.37 Å². The topological polar surface area (TPSA) is 75.4 Å². The number of halogens is 1. The van der Waals surface area contributed by atoms with Gasteiger partial charge in [-0.3, -0.25) is 9.69 Å². The lowest BCUT2D eigenvalue weighted by molar-refractivity contribution is 0.0750. The van der Waals surface area contributed by atoms with Gasteiger partial charge < -0.3 is 9.42 Å². The summed E-state index contributed by atoms with van der Waals surface area (Å²) in [6.07, 6.45) is 3.88. The second-order valence-electron chi connectivity index (χ2n) is 6.53. The van der Waals surface area contributed by atoms with Gasteiger partial charge in [0.15, 0.2) is 5.82 Å². The summed E-state index contributed by atoms with van der Waals surface area (Å²) in [7, 11) is 0. The zero-order chi connectivity index (χ0) is 18.5. The molecule has 0 aliphatic carbocycles. The fourth-order valence-corrected chi connectivity index (χ4v) is 3.40. The molecule has 0 spiro atoms. The Bertz CT molecular complexity index is 733. The maximum atomic E-state index is 13.0. The minimum Gasteiger partial charge on any atom is -0.340 e. The fraction of sp³-hybridized carbons (Fsp3) is 0.556. The zero-order valence-electron chi connectivity index (χ0n) is 15.2. The molecule has 1 aliphatic heterocycles. The standard InChI is InChI=1S/C18H24FN5O2/c1-3-23(12-17-21-13(2)26-22-17)15-5-4-9-24(10-8-15)18(25)16-7-6-14(19)11-20-16/h6-7,11,15H,3-5,8-10,12H2,1-2H3/t15-/m0/s1. The smallest absolute Gasteiger partial charge is 0.272 e. The van der Waals surface area contributed by atoms with E-state index in [9.17, 15) is 9.18 Å². The number of pyridine rings is 1. The Morgan fingerprint density at radius 1 is 1.38 bits per heavy atom. The van der Waals surface area contributed by atoms with Gasteiger partial charge >= 0.3 is 0 Å². The SMILES string of the molecule is CCN(Cc1noc(C)n1)[C@H]1CCCN(C(=O)c2ccc(F)cn2)CC1. The lowest BCUT2D eigenvalue weighted by Crippen LogP contribution is -2.37. The Labute approximate surface area is 152 Å². The molecule has 0 bridgehead atoms. The quantitative estimate of drug-likeness (QED) is 0.814. The average molecular weight is 361 g/mol. The molecule has 0 saturated carbocycles. The third kappa shape index (κ3) is 4.43. The molecule has 1 saturated heterocycles. The van der Waals surface area contributed by atoms with Crippen LogP contribution in [0.5, 0.6) is 0 Å². The number of aromatic nitrogens is 3. The Balaban J connectivity index is 1.61. The van der Waals surface area contributed by atoms with Crippen LogP contribution in [-0.4, -0.2) is 56.5 Å². The number of nitrogens with zero attached hydrogens (tertiary/aromatic N) is 5. The maximum absolute atomic E-state index is 13.0. The van der Waals surface area contributed by atoms with E-state index in [1.54, 1.807) is 6.92 Å². The van der Waals surface area contributed by atoms with E-state index in [1.165, 1.54) is 12.1 Å². The van der Waals surface area contributed by atoms with Crippen molar-refractivity contribution >= 4 is 5.91 Å². The molecule has 0 aromatic carbocycles. The first-order valence-electron chi connectivity index (χ1n) is 9.01. The number of amides is 1. The number of carbonyl (C=O) groups is 1. The van der Waals surface area contributed by atoms with E-state index in [0.717, 1.165) is 32.0 Å². The highest BCUT2D eigenvalue weighted by Crippen LogP contribution is 2.19. The summed E-state index contributed by atoms with van der Waals surface area (Å²) < 4.78 is 18.1. The Kier molecular flexibility index (Phi) is 5.92. The van der Waals surface area contributed by atoms with Gasteiger partial charge in [-0.1, -0.05) is 12.1 Å². The molecule has 3 rings (SSSR count). The summed E-state index contributed by atoms with van der Waals surface area (Å²) in [5, 5.41) is 3.98. The highest BCUT2D eigenvalue weighted by Gasteiger charge is 2.26. The summed E-state index contributed by atoms with van der Waals surface area (Å²) in [6, 6.07) is 3.07. The van der Waals surface area contributed by atoms with Gasteiger partial charge in [0, 0.05) is 26.1 Å². The van der Waals surface area contributed by atoms with Crippen molar-refractivity contribution in [3.05, 3.63) is 41.6 Å². The largest absolute Gasteiger partial charge is 0.340 e. The summed E-state index contributed by atoms with van der Waals surface area (Å²) in [5.41, 5.74) is 0.291. The first kappa shape index (κ1) is 18.4. The molecule has 26 heavy (non-hydrogen) atoms. The molecule has 2 aromatic heterocycles. The Hall–Kier alpha value is -2.35. The molecule has 0 N–H and O–H groups in total. The number of carbonyl (C=O) groups excluding carboxylic acids is 1. The van der Waals surface area contributed by atoms with E-state index >= 15 is 0 Å². The van der Waals surface area contributed by atoms with Gasteiger partial charge in [0.25, 0.3) is 5.91 Å². The highest BCUT2D eigenvalue weighted by molar-refractivity contribution is 5.92. The number of hydrogen-bond donors (Lipinski definition) is 0. The van der Waals surface area contributed by atoms with Gasteiger partial charge in [0.2, 0.25) is 5.89 Å². The normalized spacial score (nSPS) is 18.2. The van der Waals surface area contributed by atoms with Crippen LogP contribution in [0.25, 0.3) is 0 Å². The molecule has 1 fully saturated rings. The summed E-state index contributed by atoms with van der Waals surface area (Å²) >= 11 is 0. The van der Waals surface area contributed by atoms with Gasteiger partial charge in [-0.2, -0.15) is 4.98 Å². The van der Waals surface area contributed by atoms with Crippen LogP contribution >= 0.6 is 0 Å². The van der Waals surface area contributed by atoms with E-state index < -0.39 is 5.82 Å². The molecular weight excluding hydrogens is 337 g/mol.